The van der Waals surface area contributed by atoms with Gasteiger partial charge in [0.25, 0.3) is 0 Å². The second-order valence-corrected chi connectivity index (χ2v) is 9.14. The van der Waals surface area contributed by atoms with E-state index in [1.54, 1.807) is 0 Å². The fraction of sp³-hybridized carbons (Fsp3) is 0.276. The van der Waals surface area contributed by atoms with Gasteiger partial charge in [0.1, 0.15) is 0 Å². The van der Waals surface area contributed by atoms with Gasteiger partial charge in [0.2, 0.25) is 5.91 Å². The third-order valence-electron chi connectivity index (χ3n) is 6.44. The molecule has 3 rings (SSSR count). The molecule has 0 aliphatic heterocycles. The first kappa shape index (κ1) is 30.5. The van der Waals surface area contributed by atoms with Gasteiger partial charge in [-0.15, -0.1) is 12.4 Å². The van der Waals surface area contributed by atoms with Crippen molar-refractivity contribution >= 4 is 30.1 Å². The number of hydrogen-bond acceptors (Lipinski definition) is 5. The molecule has 38 heavy (non-hydrogen) atoms. The quantitative estimate of drug-likeness (QED) is 0.224. The van der Waals surface area contributed by atoms with Gasteiger partial charge in [0.15, 0.2) is 11.3 Å². The summed E-state index contributed by atoms with van der Waals surface area (Å²) < 4.78 is 0. The van der Waals surface area contributed by atoms with Crippen LogP contribution in [0, 0.1) is 0 Å². The summed E-state index contributed by atoms with van der Waals surface area (Å²) in [6, 6.07) is 25.0. The highest BCUT2D eigenvalue weighted by Crippen LogP contribution is 2.31. The Morgan fingerprint density at radius 2 is 1.37 bits per heavy atom. The largest absolute Gasteiger partial charge is 0.352 e. The smallest absolute Gasteiger partial charge is 0.312 e. The predicted molar refractivity (Wildman–Crippen MR) is 152 cm³/mol. The number of ketones is 1. The predicted octanol–water partition coefficient (Wildman–Crippen LogP) is 3.29. The molecule has 0 saturated heterocycles. The summed E-state index contributed by atoms with van der Waals surface area (Å²) >= 11 is 0. The zero-order valence-corrected chi connectivity index (χ0v) is 22.2. The summed E-state index contributed by atoms with van der Waals surface area (Å²) in [6.45, 7) is 2.43. The van der Waals surface area contributed by atoms with E-state index < -0.39 is 29.4 Å². The van der Waals surface area contributed by atoms with Crippen molar-refractivity contribution in [1.82, 2.24) is 10.6 Å². The number of urea groups is 1. The van der Waals surface area contributed by atoms with Gasteiger partial charge in [-0.25, -0.2) is 4.79 Å². The van der Waals surface area contributed by atoms with E-state index in [2.05, 4.69) is 10.6 Å². The standard InChI is InChI=1S/C29H35N5O3.ClH/c1-20(22-15-13-21(14-16-22)19-33-28(31)37)34-27(36)29(32,17-8-18-30)26(35)25(23-9-4-2-5-10-23)24-11-6-3-7-12-24;/h2-7,9-16,20,25H,8,17-19,30,32H2,1H3,(H,34,36)(H3,31,33,37);1H/t20-,29+;/m0./s1. The molecule has 202 valence electrons. The van der Waals surface area contributed by atoms with E-state index in [9.17, 15) is 14.4 Å². The number of carbonyl (C=O) groups excluding carboxylic acids is 3. The van der Waals surface area contributed by atoms with Crippen molar-refractivity contribution in [3.8, 4) is 0 Å². The fourth-order valence-corrected chi connectivity index (χ4v) is 4.30. The molecule has 2 atom stereocenters. The highest BCUT2D eigenvalue weighted by atomic mass is 35.5. The Balaban J connectivity index is 0.00000507. The summed E-state index contributed by atoms with van der Waals surface area (Å²) in [5, 5.41) is 5.48. The van der Waals surface area contributed by atoms with Crippen molar-refractivity contribution in [2.45, 2.75) is 43.8 Å². The van der Waals surface area contributed by atoms with E-state index in [1.165, 1.54) is 0 Å². The van der Waals surface area contributed by atoms with Crippen molar-refractivity contribution in [1.29, 1.82) is 0 Å². The number of amides is 3. The number of rotatable bonds is 12. The van der Waals surface area contributed by atoms with Crippen LogP contribution in [0.15, 0.2) is 84.9 Å². The molecule has 3 amide bonds. The molecule has 0 aliphatic carbocycles. The molecular weight excluding hydrogens is 502 g/mol. The van der Waals surface area contributed by atoms with Gasteiger partial charge in [-0.1, -0.05) is 84.9 Å². The second-order valence-electron chi connectivity index (χ2n) is 9.14. The maximum atomic E-state index is 14.1. The second kappa shape index (κ2) is 14.3. The summed E-state index contributed by atoms with van der Waals surface area (Å²) in [5.41, 5.74) is 19.0. The maximum Gasteiger partial charge on any atom is 0.312 e. The number of carbonyl (C=O) groups is 3. The van der Waals surface area contributed by atoms with Gasteiger partial charge < -0.3 is 27.8 Å². The van der Waals surface area contributed by atoms with Crippen molar-refractivity contribution in [2.75, 3.05) is 6.54 Å². The molecule has 0 bridgehead atoms. The molecule has 0 aliphatic rings. The van der Waals surface area contributed by atoms with E-state index >= 15 is 0 Å². The molecule has 9 heteroatoms. The van der Waals surface area contributed by atoms with Crippen molar-refractivity contribution in [2.24, 2.45) is 17.2 Å². The van der Waals surface area contributed by atoms with Gasteiger partial charge in [0.05, 0.1) is 12.0 Å². The van der Waals surface area contributed by atoms with Crippen LogP contribution in [0.1, 0.15) is 54.0 Å². The van der Waals surface area contributed by atoms with Crippen LogP contribution in [0.2, 0.25) is 0 Å². The number of Topliss-reactive ketones (excluding diaryl/α,β-unsaturated/α-hetero) is 1. The van der Waals surface area contributed by atoms with Gasteiger partial charge >= 0.3 is 6.03 Å². The van der Waals surface area contributed by atoms with Crippen LogP contribution >= 0.6 is 12.4 Å². The molecular formula is C29H36ClN5O3. The Kier molecular flexibility index (Phi) is 11.5. The van der Waals surface area contributed by atoms with Crippen LogP contribution in [-0.2, 0) is 16.1 Å². The van der Waals surface area contributed by atoms with Gasteiger partial charge in [-0.05, 0) is 48.6 Å². The van der Waals surface area contributed by atoms with E-state index in [1.807, 2.05) is 91.9 Å². The SMILES string of the molecule is C[C@H](NC(=O)[C@@](N)(CCCN)C(=O)C(c1ccccc1)c1ccccc1)c1ccc(CNC(N)=O)cc1.Cl. The third-order valence-corrected chi connectivity index (χ3v) is 6.44. The lowest BCUT2D eigenvalue weighted by molar-refractivity contribution is -0.137. The minimum absolute atomic E-state index is 0. The molecule has 0 saturated carbocycles. The molecule has 0 heterocycles. The Morgan fingerprint density at radius 1 is 0.842 bits per heavy atom. The van der Waals surface area contributed by atoms with E-state index in [0.717, 1.165) is 22.3 Å². The topological polar surface area (TPSA) is 153 Å². The first-order valence-corrected chi connectivity index (χ1v) is 12.3. The van der Waals surface area contributed by atoms with Crippen molar-refractivity contribution in [3.05, 3.63) is 107 Å². The lowest BCUT2D eigenvalue weighted by Gasteiger charge is -2.32. The van der Waals surface area contributed by atoms with Gasteiger partial charge in [0, 0.05) is 6.54 Å². The number of benzene rings is 3. The fourth-order valence-electron chi connectivity index (χ4n) is 4.30. The van der Waals surface area contributed by atoms with Crippen LogP contribution in [0.3, 0.4) is 0 Å². The van der Waals surface area contributed by atoms with Crippen LogP contribution in [0.4, 0.5) is 4.79 Å². The van der Waals surface area contributed by atoms with Gasteiger partial charge in [-0.3, -0.25) is 9.59 Å². The maximum absolute atomic E-state index is 14.1. The average molecular weight is 538 g/mol. The highest BCUT2D eigenvalue weighted by molar-refractivity contribution is 6.14. The first-order valence-electron chi connectivity index (χ1n) is 12.3. The lowest BCUT2D eigenvalue weighted by atomic mass is 9.76. The number of halogens is 1. The molecule has 8 nitrogen and oxygen atoms in total. The lowest BCUT2D eigenvalue weighted by Crippen LogP contribution is -2.61. The summed E-state index contributed by atoms with van der Waals surface area (Å²) in [5.74, 6) is -1.63. The Labute approximate surface area is 229 Å². The van der Waals surface area contributed by atoms with Crippen molar-refractivity contribution in [3.63, 3.8) is 0 Å². The summed E-state index contributed by atoms with van der Waals surface area (Å²) in [6.07, 6.45) is 0.538. The normalized spacial score (nSPS) is 13.1. The molecule has 0 unspecified atom stereocenters. The van der Waals surface area contributed by atoms with Crippen LogP contribution in [0.25, 0.3) is 0 Å². The number of nitrogens with two attached hydrogens (primary N) is 3. The Hall–Kier alpha value is -3.72. The highest BCUT2D eigenvalue weighted by Gasteiger charge is 2.45. The molecule has 0 spiro atoms. The molecule has 0 fully saturated rings. The number of nitrogens with one attached hydrogen (secondary N) is 2. The zero-order valence-electron chi connectivity index (χ0n) is 21.4. The first-order chi connectivity index (χ1) is 17.8. The van der Waals surface area contributed by atoms with E-state index in [-0.39, 0.29) is 24.6 Å². The average Bonchev–Trinajstić information content (AvgIpc) is 2.92. The van der Waals surface area contributed by atoms with Gasteiger partial charge in [-0.2, -0.15) is 0 Å². The molecule has 0 radical (unpaired) electrons. The van der Waals surface area contributed by atoms with E-state index in [4.69, 9.17) is 17.2 Å². The minimum Gasteiger partial charge on any atom is -0.352 e. The molecule has 8 N–H and O–H groups in total. The minimum atomic E-state index is -1.78. The monoisotopic (exact) mass is 537 g/mol. The third kappa shape index (κ3) is 7.64. The Morgan fingerprint density at radius 3 is 1.84 bits per heavy atom. The van der Waals surface area contributed by atoms with Crippen LogP contribution in [0.5, 0.6) is 0 Å². The summed E-state index contributed by atoms with van der Waals surface area (Å²) in [7, 11) is 0. The Bertz CT molecular complexity index is 1150. The zero-order chi connectivity index (χ0) is 26.8. The van der Waals surface area contributed by atoms with Crippen LogP contribution in [-0.4, -0.2) is 29.8 Å². The molecule has 3 aromatic carbocycles. The van der Waals surface area contributed by atoms with Crippen LogP contribution < -0.4 is 27.8 Å². The molecule has 3 aromatic rings. The number of primary amides is 1. The number of hydrogen-bond donors (Lipinski definition) is 5. The van der Waals surface area contributed by atoms with Crippen molar-refractivity contribution < 1.29 is 14.4 Å². The molecule has 0 aromatic heterocycles. The van der Waals surface area contributed by atoms with E-state index in [0.29, 0.717) is 19.5 Å². The summed E-state index contributed by atoms with van der Waals surface area (Å²) in [4.78, 5) is 38.7.